The number of nitrogens with one attached hydrogen (secondary N) is 1. The summed E-state index contributed by atoms with van der Waals surface area (Å²) in [5.74, 6) is -1.31. The lowest BCUT2D eigenvalue weighted by molar-refractivity contribution is -0.143. The topological polar surface area (TPSA) is 131 Å². The maximum Gasteiger partial charge on any atom is 0.326 e. The number of nitrogens with two attached hydrogens (primary N) is 2. The van der Waals surface area contributed by atoms with Gasteiger partial charge in [0, 0.05) is 6.92 Å². The predicted octanol–water partition coefficient (Wildman–Crippen LogP) is -0.592. The van der Waals surface area contributed by atoms with E-state index in [4.69, 9.17) is 16.6 Å². The Kier molecular flexibility index (Phi) is 4.94. The standard InChI is InChI=1S/C11H20N4O3/c1-6(16)14-9(10(17)18)7-2-4-8(5-3-7)15-11(12)13/h7-9H,2-5H2,1H3,(H,14,16)(H,17,18)(H4,12,13,15). The van der Waals surface area contributed by atoms with E-state index in [0.717, 1.165) is 12.8 Å². The van der Waals surface area contributed by atoms with Crippen LogP contribution in [0.1, 0.15) is 32.6 Å². The summed E-state index contributed by atoms with van der Waals surface area (Å²) in [5, 5.41) is 11.6. The molecule has 0 aromatic rings. The van der Waals surface area contributed by atoms with Crippen LogP contribution in [-0.2, 0) is 9.59 Å². The molecule has 0 heterocycles. The summed E-state index contributed by atoms with van der Waals surface area (Å²) in [5.41, 5.74) is 10.6. The third-order valence-corrected chi connectivity index (χ3v) is 3.17. The van der Waals surface area contributed by atoms with Crippen LogP contribution in [0.5, 0.6) is 0 Å². The highest BCUT2D eigenvalue weighted by Gasteiger charge is 2.32. The van der Waals surface area contributed by atoms with Crippen molar-refractivity contribution in [3.63, 3.8) is 0 Å². The number of carboxylic acids is 1. The van der Waals surface area contributed by atoms with Gasteiger partial charge in [0.15, 0.2) is 5.96 Å². The summed E-state index contributed by atoms with van der Waals surface area (Å²) >= 11 is 0. The van der Waals surface area contributed by atoms with Crippen molar-refractivity contribution in [2.24, 2.45) is 22.4 Å². The number of amides is 1. The molecule has 0 aliphatic heterocycles. The molecule has 18 heavy (non-hydrogen) atoms. The quantitative estimate of drug-likeness (QED) is 0.394. The molecule has 1 aliphatic carbocycles. The van der Waals surface area contributed by atoms with Gasteiger partial charge in [0.1, 0.15) is 6.04 Å². The Balaban J connectivity index is 2.56. The second-order valence-electron chi connectivity index (χ2n) is 4.64. The average molecular weight is 256 g/mol. The molecule has 7 nitrogen and oxygen atoms in total. The summed E-state index contributed by atoms with van der Waals surface area (Å²) in [6, 6.07) is -0.749. The van der Waals surface area contributed by atoms with Gasteiger partial charge in [0.25, 0.3) is 0 Å². The van der Waals surface area contributed by atoms with Crippen LogP contribution in [0.3, 0.4) is 0 Å². The fraction of sp³-hybridized carbons (Fsp3) is 0.727. The minimum Gasteiger partial charge on any atom is -0.480 e. The Morgan fingerprint density at radius 1 is 1.28 bits per heavy atom. The molecule has 0 bridgehead atoms. The number of carboxylic acid groups (broad SMARTS) is 1. The molecule has 0 saturated heterocycles. The highest BCUT2D eigenvalue weighted by atomic mass is 16.4. The predicted molar refractivity (Wildman–Crippen MR) is 66.8 cm³/mol. The van der Waals surface area contributed by atoms with Gasteiger partial charge in [-0.25, -0.2) is 4.79 Å². The van der Waals surface area contributed by atoms with Crippen LogP contribution in [0, 0.1) is 5.92 Å². The second kappa shape index (κ2) is 6.23. The maximum atomic E-state index is 11.1. The summed E-state index contributed by atoms with van der Waals surface area (Å²) in [4.78, 5) is 26.2. The molecule has 0 aromatic heterocycles. The molecule has 1 amide bonds. The van der Waals surface area contributed by atoms with Gasteiger partial charge in [-0.15, -0.1) is 0 Å². The average Bonchev–Trinajstić information content (AvgIpc) is 2.26. The molecule has 7 heteroatoms. The number of hydrogen-bond acceptors (Lipinski definition) is 3. The zero-order valence-electron chi connectivity index (χ0n) is 10.4. The molecule has 1 aliphatic rings. The van der Waals surface area contributed by atoms with Gasteiger partial charge in [-0.3, -0.25) is 9.79 Å². The normalized spacial score (nSPS) is 24.9. The molecule has 0 aromatic carbocycles. The molecule has 1 fully saturated rings. The lowest BCUT2D eigenvalue weighted by atomic mass is 9.81. The van der Waals surface area contributed by atoms with Gasteiger partial charge in [0.2, 0.25) is 5.91 Å². The van der Waals surface area contributed by atoms with Crippen molar-refractivity contribution < 1.29 is 14.7 Å². The monoisotopic (exact) mass is 256 g/mol. The van der Waals surface area contributed by atoms with Crippen molar-refractivity contribution in [2.45, 2.75) is 44.7 Å². The van der Waals surface area contributed by atoms with Crippen molar-refractivity contribution in [3.05, 3.63) is 0 Å². The lowest BCUT2D eigenvalue weighted by Crippen LogP contribution is -2.46. The molecule has 0 spiro atoms. The summed E-state index contributed by atoms with van der Waals surface area (Å²) in [6.07, 6.45) is 2.87. The van der Waals surface area contributed by atoms with E-state index in [2.05, 4.69) is 10.3 Å². The molecule has 1 saturated carbocycles. The molecular weight excluding hydrogens is 236 g/mol. The van der Waals surface area contributed by atoms with Crippen LogP contribution in [0.2, 0.25) is 0 Å². The fourth-order valence-electron chi connectivity index (χ4n) is 2.38. The first kappa shape index (κ1) is 14.3. The first-order chi connectivity index (χ1) is 8.40. The van der Waals surface area contributed by atoms with Crippen molar-refractivity contribution in [1.82, 2.24) is 5.32 Å². The summed E-state index contributed by atoms with van der Waals surface area (Å²) < 4.78 is 0. The number of carbonyl (C=O) groups excluding carboxylic acids is 1. The molecular formula is C11H20N4O3. The molecule has 1 atom stereocenters. The van der Waals surface area contributed by atoms with Gasteiger partial charge >= 0.3 is 5.97 Å². The number of carbonyl (C=O) groups is 2. The minimum atomic E-state index is -0.990. The smallest absolute Gasteiger partial charge is 0.326 e. The molecule has 6 N–H and O–H groups in total. The van der Waals surface area contributed by atoms with Gasteiger partial charge in [0.05, 0.1) is 6.04 Å². The van der Waals surface area contributed by atoms with Crippen LogP contribution in [-0.4, -0.2) is 35.0 Å². The van der Waals surface area contributed by atoms with Crippen LogP contribution < -0.4 is 16.8 Å². The van der Waals surface area contributed by atoms with E-state index in [0.29, 0.717) is 12.8 Å². The van der Waals surface area contributed by atoms with Crippen LogP contribution in [0.15, 0.2) is 4.99 Å². The number of guanidine groups is 1. The fourth-order valence-corrected chi connectivity index (χ4v) is 2.38. The molecule has 102 valence electrons. The summed E-state index contributed by atoms with van der Waals surface area (Å²) in [6.45, 7) is 1.32. The van der Waals surface area contributed by atoms with E-state index in [1.165, 1.54) is 6.92 Å². The molecule has 1 rings (SSSR count). The van der Waals surface area contributed by atoms with Gasteiger partial charge in [-0.2, -0.15) is 0 Å². The van der Waals surface area contributed by atoms with Crippen LogP contribution >= 0.6 is 0 Å². The third kappa shape index (κ3) is 4.23. The Labute approximate surface area is 106 Å². The van der Waals surface area contributed by atoms with Crippen molar-refractivity contribution >= 4 is 17.8 Å². The molecule has 1 unspecified atom stereocenters. The Bertz CT molecular complexity index is 344. The van der Waals surface area contributed by atoms with Gasteiger partial charge in [-0.05, 0) is 31.6 Å². The van der Waals surface area contributed by atoms with E-state index in [1.54, 1.807) is 0 Å². The lowest BCUT2D eigenvalue weighted by Gasteiger charge is -2.30. The minimum absolute atomic E-state index is 0.0585. The van der Waals surface area contributed by atoms with Crippen LogP contribution in [0.4, 0.5) is 0 Å². The Hall–Kier alpha value is -1.79. The zero-order valence-corrected chi connectivity index (χ0v) is 10.4. The number of rotatable bonds is 4. The van der Waals surface area contributed by atoms with E-state index in [1.807, 2.05) is 0 Å². The Morgan fingerprint density at radius 3 is 2.22 bits per heavy atom. The van der Waals surface area contributed by atoms with E-state index in [-0.39, 0.29) is 23.8 Å². The first-order valence-electron chi connectivity index (χ1n) is 5.98. The van der Waals surface area contributed by atoms with E-state index < -0.39 is 12.0 Å². The maximum absolute atomic E-state index is 11.1. The van der Waals surface area contributed by atoms with E-state index in [9.17, 15) is 9.59 Å². The molecule has 0 radical (unpaired) electrons. The highest BCUT2D eigenvalue weighted by Crippen LogP contribution is 2.28. The van der Waals surface area contributed by atoms with Crippen LogP contribution in [0.25, 0.3) is 0 Å². The highest BCUT2D eigenvalue weighted by molar-refractivity contribution is 5.82. The van der Waals surface area contributed by atoms with Crippen molar-refractivity contribution in [1.29, 1.82) is 0 Å². The number of nitrogens with zero attached hydrogens (tertiary/aromatic N) is 1. The summed E-state index contributed by atoms with van der Waals surface area (Å²) in [7, 11) is 0. The van der Waals surface area contributed by atoms with Crippen molar-refractivity contribution in [3.8, 4) is 0 Å². The largest absolute Gasteiger partial charge is 0.480 e. The number of aliphatic imine (C=N–C) groups is 1. The Morgan fingerprint density at radius 2 is 1.83 bits per heavy atom. The van der Waals surface area contributed by atoms with Crippen molar-refractivity contribution in [2.75, 3.05) is 0 Å². The van der Waals surface area contributed by atoms with Gasteiger partial charge in [-0.1, -0.05) is 0 Å². The first-order valence-corrected chi connectivity index (χ1v) is 5.98. The van der Waals surface area contributed by atoms with Gasteiger partial charge < -0.3 is 21.9 Å². The number of aliphatic carboxylic acids is 1. The second-order valence-corrected chi connectivity index (χ2v) is 4.64. The number of hydrogen-bond donors (Lipinski definition) is 4. The zero-order chi connectivity index (χ0) is 13.7. The van der Waals surface area contributed by atoms with E-state index >= 15 is 0 Å². The third-order valence-electron chi connectivity index (χ3n) is 3.17. The SMILES string of the molecule is CC(=O)NC(C(=O)O)C1CCC(N=C(N)N)CC1.